The van der Waals surface area contributed by atoms with Crippen molar-refractivity contribution in [1.82, 2.24) is 4.90 Å². The molecule has 0 aliphatic rings. The number of benzene rings is 1. The Hall–Kier alpha value is -2.02. The Kier molecular flexibility index (Phi) is 6.58. The van der Waals surface area contributed by atoms with Crippen molar-refractivity contribution in [3.8, 4) is 11.8 Å². The predicted molar refractivity (Wildman–Crippen MR) is 78.5 cm³/mol. The quantitative estimate of drug-likeness (QED) is 0.768. The fraction of sp³-hybridized carbons (Fsp3) is 0.500. The Morgan fingerprint density at radius 2 is 2.05 bits per heavy atom. The van der Waals surface area contributed by atoms with Gasteiger partial charge in [0.1, 0.15) is 5.75 Å². The first-order valence-electron chi connectivity index (χ1n) is 6.92. The molecule has 0 aromatic heterocycles. The highest BCUT2D eigenvalue weighted by molar-refractivity contribution is 5.77. The molecule has 0 fully saturated rings. The van der Waals surface area contributed by atoms with Crippen LogP contribution in [0.1, 0.15) is 38.2 Å². The number of hydrogen-bond donors (Lipinski definition) is 0. The molecule has 4 nitrogen and oxygen atoms in total. The molecule has 0 aliphatic carbocycles. The van der Waals surface area contributed by atoms with Crippen LogP contribution in [0.15, 0.2) is 24.3 Å². The fourth-order valence-electron chi connectivity index (χ4n) is 1.73. The number of likely N-dealkylation sites (N-methyl/N-ethyl adjacent to an activating group) is 1. The van der Waals surface area contributed by atoms with Crippen molar-refractivity contribution in [2.24, 2.45) is 0 Å². The van der Waals surface area contributed by atoms with Crippen LogP contribution in [0.25, 0.3) is 0 Å². The first-order valence-corrected chi connectivity index (χ1v) is 6.92. The number of nitriles is 1. The SMILES string of the molecule is CCC(C)c1ccc(OCC(=O)N(C)CCC#N)cc1. The van der Waals surface area contributed by atoms with Crippen LogP contribution >= 0.6 is 0 Å². The number of carbonyl (C=O) groups excluding carboxylic acids is 1. The summed E-state index contributed by atoms with van der Waals surface area (Å²) in [7, 11) is 1.68. The minimum Gasteiger partial charge on any atom is -0.484 e. The molecule has 4 heteroatoms. The molecule has 0 radical (unpaired) electrons. The lowest BCUT2D eigenvalue weighted by atomic mass is 9.99. The molecular formula is C16H22N2O2. The van der Waals surface area contributed by atoms with Crippen LogP contribution < -0.4 is 4.74 Å². The van der Waals surface area contributed by atoms with Gasteiger partial charge in [-0.2, -0.15) is 5.26 Å². The third kappa shape index (κ3) is 4.93. The number of nitrogens with zero attached hydrogens (tertiary/aromatic N) is 2. The van der Waals surface area contributed by atoms with Gasteiger partial charge in [-0.15, -0.1) is 0 Å². The Balaban J connectivity index is 2.46. The second-order valence-corrected chi connectivity index (χ2v) is 4.89. The first-order chi connectivity index (χ1) is 9.58. The molecule has 1 unspecified atom stereocenters. The summed E-state index contributed by atoms with van der Waals surface area (Å²) in [6.07, 6.45) is 1.44. The van der Waals surface area contributed by atoms with Crippen LogP contribution in [0.5, 0.6) is 5.75 Å². The minimum atomic E-state index is -0.119. The van der Waals surface area contributed by atoms with E-state index in [-0.39, 0.29) is 12.5 Å². The largest absolute Gasteiger partial charge is 0.484 e. The highest BCUT2D eigenvalue weighted by Gasteiger charge is 2.09. The van der Waals surface area contributed by atoms with Crippen molar-refractivity contribution in [3.63, 3.8) is 0 Å². The zero-order valence-corrected chi connectivity index (χ0v) is 12.4. The zero-order valence-electron chi connectivity index (χ0n) is 12.4. The van der Waals surface area contributed by atoms with E-state index in [2.05, 4.69) is 13.8 Å². The van der Waals surface area contributed by atoms with Gasteiger partial charge < -0.3 is 9.64 Å². The molecule has 1 rings (SSSR count). The molecule has 0 N–H and O–H groups in total. The van der Waals surface area contributed by atoms with Crippen LogP contribution in [0.2, 0.25) is 0 Å². The monoisotopic (exact) mass is 274 g/mol. The smallest absolute Gasteiger partial charge is 0.260 e. The van der Waals surface area contributed by atoms with Gasteiger partial charge in [-0.25, -0.2) is 0 Å². The van der Waals surface area contributed by atoms with Crippen LogP contribution in [0.3, 0.4) is 0 Å². The minimum absolute atomic E-state index is 0.00457. The van der Waals surface area contributed by atoms with E-state index < -0.39 is 0 Å². The Bertz CT molecular complexity index is 462. The second kappa shape index (κ2) is 8.21. The van der Waals surface area contributed by atoms with E-state index in [1.165, 1.54) is 10.5 Å². The lowest BCUT2D eigenvalue weighted by molar-refractivity contribution is -0.131. The molecular weight excluding hydrogens is 252 g/mol. The van der Waals surface area contributed by atoms with Crippen LogP contribution in [-0.2, 0) is 4.79 Å². The van der Waals surface area contributed by atoms with Crippen LogP contribution in [-0.4, -0.2) is 31.0 Å². The van der Waals surface area contributed by atoms with Gasteiger partial charge in [-0.1, -0.05) is 26.0 Å². The Labute approximate surface area is 121 Å². The second-order valence-electron chi connectivity index (χ2n) is 4.89. The number of hydrogen-bond acceptors (Lipinski definition) is 3. The molecule has 0 spiro atoms. The highest BCUT2D eigenvalue weighted by atomic mass is 16.5. The van der Waals surface area contributed by atoms with E-state index in [0.29, 0.717) is 24.6 Å². The van der Waals surface area contributed by atoms with Gasteiger partial charge in [-0.3, -0.25) is 4.79 Å². The van der Waals surface area contributed by atoms with Crippen molar-refractivity contribution in [2.45, 2.75) is 32.6 Å². The van der Waals surface area contributed by atoms with E-state index in [0.717, 1.165) is 6.42 Å². The highest BCUT2D eigenvalue weighted by Crippen LogP contribution is 2.21. The van der Waals surface area contributed by atoms with Crippen molar-refractivity contribution in [2.75, 3.05) is 20.2 Å². The van der Waals surface area contributed by atoms with Crippen LogP contribution in [0.4, 0.5) is 0 Å². The van der Waals surface area contributed by atoms with E-state index in [1.807, 2.05) is 30.3 Å². The summed E-state index contributed by atoms with van der Waals surface area (Å²) < 4.78 is 5.46. The summed E-state index contributed by atoms with van der Waals surface area (Å²) in [5.41, 5.74) is 1.28. The van der Waals surface area contributed by atoms with E-state index >= 15 is 0 Å². The van der Waals surface area contributed by atoms with Crippen molar-refractivity contribution in [1.29, 1.82) is 5.26 Å². The number of carbonyl (C=O) groups is 1. The standard InChI is InChI=1S/C16H22N2O2/c1-4-13(2)14-6-8-15(9-7-14)20-12-16(19)18(3)11-5-10-17/h6-9,13H,4-5,11-12H2,1-3H3. The third-order valence-corrected chi connectivity index (χ3v) is 3.41. The van der Waals surface area contributed by atoms with Gasteiger partial charge in [0, 0.05) is 13.6 Å². The van der Waals surface area contributed by atoms with Crippen molar-refractivity contribution in [3.05, 3.63) is 29.8 Å². The van der Waals surface area contributed by atoms with Gasteiger partial charge in [0.05, 0.1) is 12.5 Å². The summed E-state index contributed by atoms with van der Waals surface area (Å²) >= 11 is 0. The van der Waals surface area contributed by atoms with Gasteiger partial charge >= 0.3 is 0 Å². The first kappa shape index (κ1) is 16.0. The molecule has 108 valence electrons. The average molecular weight is 274 g/mol. The van der Waals surface area contributed by atoms with Gasteiger partial charge in [0.25, 0.3) is 5.91 Å². The maximum atomic E-state index is 11.7. The van der Waals surface area contributed by atoms with Gasteiger partial charge in [0.2, 0.25) is 0 Å². The summed E-state index contributed by atoms with van der Waals surface area (Å²) in [6, 6.07) is 9.87. The lowest BCUT2D eigenvalue weighted by Gasteiger charge is -2.16. The molecule has 0 bridgehead atoms. The summed E-state index contributed by atoms with van der Waals surface area (Å²) in [5, 5.41) is 8.48. The lowest BCUT2D eigenvalue weighted by Crippen LogP contribution is -2.32. The maximum Gasteiger partial charge on any atom is 0.260 e. The van der Waals surface area contributed by atoms with Gasteiger partial charge in [-0.05, 0) is 30.0 Å². The number of ether oxygens (including phenoxy) is 1. The van der Waals surface area contributed by atoms with Crippen molar-refractivity contribution < 1.29 is 9.53 Å². The molecule has 0 saturated heterocycles. The topological polar surface area (TPSA) is 53.3 Å². The number of rotatable bonds is 7. The molecule has 20 heavy (non-hydrogen) atoms. The summed E-state index contributed by atoms with van der Waals surface area (Å²) in [5.74, 6) is 1.10. The maximum absolute atomic E-state index is 11.7. The van der Waals surface area contributed by atoms with Gasteiger partial charge in [0.15, 0.2) is 6.61 Å². The number of amides is 1. The molecule has 1 atom stereocenters. The molecule has 1 aromatic rings. The zero-order chi connectivity index (χ0) is 15.0. The molecule has 0 aliphatic heterocycles. The third-order valence-electron chi connectivity index (χ3n) is 3.41. The molecule has 1 amide bonds. The normalized spacial score (nSPS) is 11.5. The van der Waals surface area contributed by atoms with Crippen molar-refractivity contribution >= 4 is 5.91 Å². The Morgan fingerprint density at radius 1 is 1.40 bits per heavy atom. The predicted octanol–water partition coefficient (Wildman–Crippen LogP) is 2.95. The summed E-state index contributed by atoms with van der Waals surface area (Å²) in [6.45, 7) is 4.78. The molecule has 0 heterocycles. The average Bonchev–Trinajstić information content (AvgIpc) is 2.49. The summed E-state index contributed by atoms with van der Waals surface area (Å²) in [4.78, 5) is 13.2. The fourth-order valence-corrected chi connectivity index (χ4v) is 1.73. The van der Waals surface area contributed by atoms with E-state index in [4.69, 9.17) is 10.00 Å². The van der Waals surface area contributed by atoms with E-state index in [1.54, 1.807) is 7.05 Å². The van der Waals surface area contributed by atoms with Crippen LogP contribution in [0, 0.1) is 11.3 Å². The van der Waals surface area contributed by atoms with E-state index in [9.17, 15) is 4.79 Å². The Morgan fingerprint density at radius 3 is 2.60 bits per heavy atom. The molecule has 0 saturated carbocycles. The molecule has 1 aromatic carbocycles.